The van der Waals surface area contributed by atoms with Crippen LogP contribution in [0.3, 0.4) is 0 Å². The van der Waals surface area contributed by atoms with Crippen LogP contribution >= 0.6 is 0 Å². The van der Waals surface area contributed by atoms with Gasteiger partial charge in [-0.05, 0) is 33.1 Å². The molecule has 1 amide bonds. The molecule has 1 aliphatic rings. The van der Waals surface area contributed by atoms with Gasteiger partial charge in [-0.25, -0.2) is 4.79 Å². The molecule has 0 aromatic carbocycles. The molecule has 0 saturated carbocycles. The molecule has 1 saturated heterocycles. The van der Waals surface area contributed by atoms with Crippen LogP contribution in [0.2, 0.25) is 0 Å². The van der Waals surface area contributed by atoms with Crippen LogP contribution in [0.1, 0.15) is 46.5 Å². The number of nitrogens with zero attached hydrogens (tertiary/aromatic N) is 1. The lowest BCUT2D eigenvalue weighted by Crippen LogP contribution is -2.46. The van der Waals surface area contributed by atoms with Gasteiger partial charge < -0.3 is 10.0 Å². The quantitative estimate of drug-likeness (QED) is 0.718. The number of carboxylic acid groups (broad SMARTS) is 1. The van der Waals surface area contributed by atoms with Crippen LogP contribution in [0, 0.1) is 0 Å². The highest BCUT2D eigenvalue weighted by Crippen LogP contribution is 2.35. The van der Waals surface area contributed by atoms with Gasteiger partial charge in [0.25, 0.3) is 0 Å². The van der Waals surface area contributed by atoms with Crippen LogP contribution in [0.4, 0.5) is 4.79 Å². The number of amides is 1. The lowest BCUT2D eigenvalue weighted by molar-refractivity contribution is 0.0936. The zero-order chi connectivity index (χ0) is 10.1. The van der Waals surface area contributed by atoms with Crippen molar-refractivity contribution in [1.29, 1.82) is 0 Å². The van der Waals surface area contributed by atoms with E-state index < -0.39 is 6.09 Å². The fraction of sp³-hybridized carbons (Fsp3) is 0.900. The van der Waals surface area contributed by atoms with Gasteiger partial charge in [-0.1, -0.05) is 13.3 Å². The first-order chi connectivity index (χ1) is 5.99. The topological polar surface area (TPSA) is 40.5 Å². The molecule has 0 aromatic rings. The van der Waals surface area contributed by atoms with E-state index in [1.807, 2.05) is 13.8 Å². The Hall–Kier alpha value is -0.730. The average molecular weight is 185 g/mol. The summed E-state index contributed by atoms with van der Waals surface area (Å²) in [5.41, 5.74) is -0.161. The molecule has 0 spiro atoms. The van der Waals surface area contributed by atoms with Crippen LogP contribution in [0.15, 0.2) is 0 Å². The summed E-state index contributed by atoms with van der Waals surface area (Å²) in [5.74, 6) is 0. The summed E-state index contributed by atoms with van der Waals surface area (Å²) in [6, 6.07) is 0.248. The summed E-state index contributed by atoms with van der Waals surface area (Å²) in [6.45, 7) is 6.12. The fourth-order valence-corrected chi connectivity index (χ4v) is 2.29. The minimum absolute atomic E-state index is 0.161. The standard InChI is InChI=1S/C10H19NO2/c1-4-5-8-6-7-10(2,3)11(8)9(12)13/h8H,4-7H2,1-3H3,(H,12,13). The minimum Gasteiger partial charge on any atom is -0.465 e. The van der Waals surface area contributed by atoms with E-state index in [1.165, 1.54) is 0 Å². The maximum atomic E-state index is 11.0. The van der Waals surface area contributed by atoms with E-state index in [-0.39, 0.29) is 11.6 Å². The zero-order valence-electron chi connectivity index (χ0n) is 8.71. The summed E-state index contributed by atoms with van der Waals surface area (Å²) in [6.07, 6.45) is 3.30. The molecule has 1 heterocycles. The highest BCUT2D eigenvalue weighted by atomic mass is 16.4. The van der Waals surface area contributed by atoms with Crippen LogP contribution in [0.25, 0.3) is 0 Å². The summed E-state index contributed by atoms with van der Waals surface area (Å²) < 4.78 is 0. The van der Waals surface area contributed by atoms with Crippen molar-refractivity contribution in [2.24, 2.45) is 0 Å². The number of hydrogen-bond donors (Lipinski definition) is 1. The third-order valence-corrected chi connectivity index (χ3v) is 2.93. The normalized spacial score (nSPS) is 26.4. The number of hydrogen-bond acceptors (Lipinski definition) is 1. The van der Waals surface area contributed by atoms with E-state index in [9.17, 15) is 4.79 Å². The van der Waals surface area contributed by atoms with Crippen molar-refractivity contribution in [3.05, 3.63) is 0 Å². The van der Waals surface area contributed by atoms with Crippen LogP contribution in [-0.2, 0) is 0 Å². The molecule has 1 fully saturated rings. The lowest BCUT2D eigenvalue weighted by Gasteiger charge is -2.33. The molecule has 13 heavy (non-hydrogen) atoms. The van der Waals surface area contributed by atoms with Gasteiger partial charge in [0.1, 0.15) is 0 Å². The molecular formula is C10H19NO2. The first-order valence-electron chi connectivity index (χ1n) is 5.01. The lowest BCUT2D eigenvalue weighted by atomic mass is 10.0. The SMILES string of the molecule is CCCC1CCC(C)(C)N1C(=O)O. The smallest absolute Gasteiger partial charge is 0.407 e. The Labute approximate surface area is 79.7 Å². The Morgan fingerprint density at radius 1 is 1.62 bits per heavy atom. The van der Waals surface area contributed by atoms with Crippen LogP contribution < -0.4 is 0 Å². The summed E-state index contributed by atoms with van der Waals surface area (Å²) in [5, 5.41) is 9.07. The molecule has 1 unspecified atom stereocenters. The molecule has 1 rings (SSSR count). The largest absolute Gasteiger partial charge is 0.465 e. The Bertz CT molecular complexity index is 201. The summed E-state index contributed by atoms with van der Waals surface area (Å²) >= 11 is 0. The Balaban J connectivity index is 2.73. The predicted molar refractivity (Wildman–Crippen MR) is 51.9 cm³/mol. The van der Waals surface area contributed by atoms with Crippen LogP contribution in [-0.4, -0.2) is 27.7 Å². The Kier molecular flexibility index (Phi) is 2.84. The van der Waals surface area contributed by atoms with Gasteiger partial charge >= 0.3 is 6.09 Å². The van der Waals surface area contributed by atoms with E-state index in [0.717, 1.165) is 25.7 Å². The van der Waals surface area contributed by atoms with Gasteiger partial charge in [0, 0.05) is 11.6 Å². The second kappa shape index (κ2) is 3.56. The fourth-order valence-electron chi connectivity index (χ4n) is 2.29. The molecule has 0 bridgehead atoms. The molecule has 0 radical (unpaired) electrons. The first-order valence-corrected chi connectivity index (χ1v) is 5.01. The van der Waals surface area contributed by atoms with Gasteiger partial charge in [0.05, 0.1) is 0 Å². The van der Waals surface area contributed by atoms with Crippen molar-refractivity contribution < 1.29 is 9.90 Å². The second-order valence-electron chi connectivity index (χ2n) is 4.45. The number of likely N-dealkylation sites (tertiary alicyclic amines) is 1. The van der Waals surface area contributed by atoms with Crippen LogP contribution in [0.5, 0.6) is 0 Å². The van der Waals surface area contributed by atoms with Crippen molar-refractivity contribution in [2.45, 2.75) is 58.0 Å². The molecule has 3 nitrogen and oxygen atoms in total. The van der Waals surface area contributed by atoms with Crippen molar-refractivity contribution in [2.75, 3.05) is 0 Å². The van der Waals surface area contributed by atoms with E-state index in [0.29, 0.717) is 0 Å². The van der Waals surface area contributed by atoms with Gasteiger partial charge in [0.2, 0.25) is 0 Å². The molecule has 1 N–H and O–H groups in total. The second-order valence-corrected chi connectivity index (χ2v) is 4.45. The van der Waals surface area contributed by atoms with Crippen molar-refractivity contribution in [3.8, 4) is 0 Å². The highest BCUT2D eigenvalue weighted by Gasteiger charge is 2.41. The zero-order valence-corrected chi connectivity index (χ0v) is 8.71. The van der Waals surface area contributed by atoms with E-state index in [1.54, 1.807) is 4.90 Å². The van der Waals surface area contributed by atoms with Crippen molar-refractivity contribution in [3.63, 3.8) is 0 Å². The molecule has 0 aromatic heterocycles. The van der Waals surface area contributed by atoms with Gasteiger partial charge in [-0.15, -0.1) is 0 Å². The maximum Gasteiger partial charge on any atom is 0.407 e. The van der Waals surface area contributed by atoms with Gasteiger partial charge in [-0.3, -0.25) is 0 Å². The molecule has 1 aliphatic heterocycles. The van der Waals surface area contributed by atoms with E-state index in [2.05, 4.69) is 6.92 Å². The molecule has 3 heteroatoms. The number of rotatable bonds is 2. The minimum atomic E-state index is -0.763. The predicted octanol–water partition coefficient (Wildman–Crippen LogP) is 2.71. The average Bonchev–Trinajstić information content (AvgIpc) is 2.26. The third-order valence-electron chi connectivity index (χ3n) is 2.93. The Morgan fingerprint density at radius 2 is 2.23 bits per heavy atom. The molecule has 76 valence electrons. The third kappa shape index (κ3) is 1.95. The Morgan fingerprint density at radius 3 is 2.69 bits per heavy atom. The van der Waals surface area contributed by atoms with Crippen molar-refractivity contribution in [1.82, 2.24) is 4.90 Å². The maximum absolute atomic E-state index is 11.0. The molecular weight excluding hydrogens is 166 g/mol. The number of carbonyl (C=O) groups is 1. The van der Waals surface area contributed by atoms with Gasteiger partial charge in [-0.2, -0.15) is 0 Å². The summed E-state index contributed by atoms with van der Waals surface area (Å²) in [4.78, 5) is 12.7. The van der Waals surface area contributed by atoms with Gasteiger partial charge in [0.15, 0.2) is 0 Å². The molecule has 1 atom stereocenters. The monoisotopic (exact) mass is 185 g/mol. The molecule has 0 aliphatic carbocycles. The van der Waals surface area contributed by atoms with Crippen molar-refractivity contribution >= 4 is 6.09 Å². The van der Waals surface area contributed by atoms with E-state index in [4.69, 9.17) is 5.11 Å². The highest BCUT2D eigenvalue weighted by molar-refractivity contribution is 5.67. The summed E-state index contributed by atoms with van der Waals surface area (Å²) in [7, 11) is 0. The van der Waals surface area contributed by atoms with E-state index >= 15 is 0 Å². The first kappa shape index (κ1) is 10.4.